The highest BCUT2D eigenvalue weighted by Crippen LogP contribution is 2.13. The monoisotopic (exact) mass is 126 g/mol. The predicted molar refractivity (Wildman–Crippen MR) is 38.9 cm³/mol. The molecule has 0 spiro atoms. The van der Waals surface area contributed by atoms with Gasteiger partial charge in [0.1, 0.15) is 0 Å². The molecule has 0 aliphatic heterocycles. The predicted octanol–water partition coefficient (Wildman–Crippen LogP) is 1.42. The van der Waals surface area contributed by atoms with Gasteiger partial charge < -0.3 is 5.11 Å². The van der Waals surface area contributed by atoms with Gasteiger partial charge in [0.25, 0.3) is 0 Å². The first-order valence-corrected chi connectivity index (χ1v) is 3.13. The Kier molecular flexibility index (Phi) is 2.73. The van der Waals surface area contributed by atoms with Crippen molar-refractivity contribution >= 4 is 0 Å². The van der Waals surface area contributed by atoms with Crippen LogP contribution in [0, 0.1) is 17.8 Å². The summed E-state index contributed by atoms with van der Waals surface area (Å²) in [5.41, 5.74) is -0.664. The van der Waals surface area contributed by atoms with Crippen LogP contribution in [0.3, 0.4) is 0 Å². The van der Waals surface area contributed by atoms with Crippen molar-refractivity contribution in [1.82, 2.24) is 0 Å². The van der Waals surface area contributed by atoms with Crippen LogP contribution in [0.4, 0.5) is 0 Å². The molecule has 0 heterocycles. The maximum absolute atomic E-state index is 9.31. The molecule has 0 aromatic carbocycles. The van der Waals surface area contributed by atoms with Crippen molar-refractivity contribution in [3.8, 4) is 11.8 Å². The third-order valence-electron chi connectivity index (χ3n) is 1.42. The molecule has 0 amide bonds. The molecule has 0 fully saturated rings. The molecule has 1 nitrogen and oxygen atoms in total. The summed E-state index contributed by atoms with van der Waals surface area (Å²) in [5, 5.41) is 9.31. The Hall–Kier alpha value is -0.480. The summed E-state index contributed by atoms with van der Waals surface area (Å²) < 4.78 is 0. The normalized spacial score (nSPS) is 13.9. The average molecular weight is 126 g/mol. The minimum atomic E-state index is -0.664. The summed E-state index contributed by atoms with van der Waals surface area (Å²) in [6.07, 6.45) is 0. The Balaban J connectivity index is 3.99. The van der Waals surface area contributed by atoms with Gasteiger partial charge in [0.15, 0.2) is 0 Å². The van der Waals surface area contributed by atoms with Gasteiger partial charge in [-0.1, -0.05) is 5.92 Å². The van der Waals surface area contributed by atoms with Gasteiger partial charge in [0.2, 0.25) is 0 Å². The van der Waals surface area contributed by atoms with Gasteiger partial charge in [-0.25, -0.2) is 0 Å². The summed E-state index contributed by atoms with van der Waals surface area (Å²) in [6.45, 7) is 7.22. The van der Waals surface area contributed by atoms with Crippen LogP contribution in [0.15, 0.2) is 0 Å². The van der Waals surface area contributed by atoms with E-state index < -0.39 is 5.60 Å². The Morgan fingerprint density at radius 2 is 1.89 bits per heavy atom. The van der Waals surface area contributed by atoms with Crippen LogP contribution >= 0.6 is 0 Å². The third kappa shape index (κ3) is 3.16. The lowest BCUT2D eigenvalue weighted by Gasteiger charge is -2.20. The molecule has 1 heteroatoms. The molecular formula is C8H14O. The van der Waals surface area contributed by atoms with Gasteiger partial charge in [0.05, 0.1) is 5.60 Å². The largest absolute Gasteiger partial charge is 0.389 e. The molecule has 1 atom stereocenters. The van der Waals surface area contributed by atoms with Crippen molar-refractivity contribution in [3.63, 3.8) is 0 Å². The summed E-state index contributed by atoms with van der Waals surface area (Å²) in [4.78, 5) is 0. The van der Waals surface area contributed by atoms with E-state index in [0.29, 0.717) is 0 Å². The molecule has 0 aliphatic carbocycles. The second kappa shape index (κ2) is 2.89. The van der Waals surface area contributed by atoms with E-state index in [1.807, 2.05) is 6.92 Å². The van der Waals surface area contributed by atoms with Crippen LogP contribution in [0.5, 0.6) is 0 Å². The summed E-state index contributed by atoms with van der Waals surface area (Å²) in [5.74, 6) is 5.71. The van der Waals surface area contributed by atoms with Crippen molar-refractivity contribution in [2.24, 2.45) is 5.92 Å². The van der Waals surface area contributed by atoms with E-state index in [1.54, 1.807) is 20.8 Å². The lowest BCUT2D eigenvalue weighted by atomic mass is 9.94. The van der Waals surface area contributed by atoms with Gasteiger partial charge in [-0.3, -0.25) is 0 Å². The molecule has 1 unspecified atom stereocenters. The van der Waals surface area contributed by atoms with Crippen molar-refractivity contribution in [1.29, 1.82) is 0 Å². The molecule has 0 saturated heterocycles. The zero-order valence-electron chi connectivity index (χ0n) is 6.52. The highest BCUT2D eigenvalue weighted by molar-refractivity contribution is 5.04. The third-order valence-corrected chi connectivity index (χ3v) is 1.42. The first-order chi connectivity index (χ1) is 3.98. The van der Waals surface area contributed by atoms with E-state index in [-0.39, 0.29) is 5.92 Å². The summed E-state index contributed by atoms with van der Waals surface area (Å²) >= 11 is 0. The maximum Gasteiger partial charge on any atom is 0.0725 e. The second-order valence-corrected chi connectivity index (χ2v) is 2.77. The van der Waals surface area contributed by atoms with Crippen LogP contribution < -0.4 is 0 Å². The van der Waals surface area contributed by atoms with E-state index in [0.717, 1.165) is 0 Å². The molecule has 9 heavy (non-hydrogen) atoms. The quantitative estimate of drug-likeness (QED) is 0.527. The lowest BCUT2D eigenvalue weighted by molar-refractivity contribution is 0.0477. The summed E-state index contributed by atoms with van der Waals surface area (Å²) in [6, 6.07) is 0. The van der Waals surface area contributed by atoms with Crippen molar-refractivity contribution in [2.75, 3.05) is 0 Å². The van der Waals surface area contributed by atoms with Gasteiger partial charge in [0, 0.05) is 5.92 Å². The smallest absolute Gasteiger partial charge is 0.0725 e. The molecule has 0 rings (SSSR count). The zero-order valence-corrected chi connectivity index (χ0v) is 6.52. The molecule has 0 aliphatic rings. The Bertz CT molecular complexity index is 131. The molecule has 0 aromatic heterocycles. The van der Waals surface area contributed by atoms with Crippen LogP contribution in [-0.4, -0.2) is 10.7 Å². The fourth-order valence-corrected chi connectivity index (χ4v) is 0.393. The van der Waals surface area contributed by atoms with E-state index in [9.17, 15) is 5.11 Å². The van der Waals surface area contributed by atoms with Gasteiger partial charge >= 0.3 is 0 Å². The molecule has 0 bridgehead atoms. The fourth-order valence-electron chi connectivity index (χ4n) is 0.393. The molecule has 52 valence electrons. The van der Waals surface area contributed by atoms with Crippen LogP contribution in [0.25, 0.3) is 0 Å². The van der Waals surface area contributed by atoms with Gasteiger partial charge in [-0.05, 0) is 27.7 Å². The Morgan fingerprint density at radius 3 is 2.00 bits per heavy atom. The number of aliphatic hydroxyl groups is 1. The van der Waals surface area contributed by atoms with E-state index >= 15 is 0 Å². The first kappa shape index (κ1) is 8.52. The molecule has 0 radical (unpaired) electrons. The van der Waals surface area contributed by atoms with Crippen molar-refractivity contribution < 1.29 is 5.11 Å². The van der Waals surface area contributed by atoms with Gasteiger partial charge in [-0.2, -0.15) is 0 Å². The molecule has 1 N–H and O–H groups in total. The molecule has 0 aromatic rings. The summed E-state index contributed by atoms with van der Waals surface area (Å²) in [7, 11) is 0. The molecule has 0 saturated carbocycles. The Labute approximate surface area is 57.1 Å². The van der Waals surface area contributed by atoms with Crippen molar-refractivity contribution in [2.45, 2.75) is 33.3 Å². The highest BCUT2D eigenvalue weighted by atomic mass is 16.3. The topological polar surface area (TPSA) is 20.2 Å². The van der Waals surface area contributed by atoms with E-state index in [1.165, 1.54) is 0 Å². The maximum atomic E-state index is 9.31. The SMILES string of the molecule is CC#CC(C)C(C)(C)O. The van der Waals surface area contributed by atoms with Crippen molar-refractivity contribution in [3.05, 3.63) is 0 Å². The minimum absolute atomic E-state index is 0.0579. The zero-order chi connectivity index (χ0) is 7.49. The van der Waals surface area contributed by atoms with Crippen LogP contribution in [0.1, 0.15) is 27.7 Å². The fraction of sp³-hybridized carbons (Fsp3) is 0.750. The lowest BCUT2D eigenvalue weighted by Crippen LogP contribution is -2.27. The van der Waals surface area contributed by atoms with E-state index in [2.05, 4.69) is 11.8 Å². The molecular weight excluding hydrogens is 112 g/mol. The highest BCUT2D eigenvalue weighted by Gasteiger charge is 2.19. The first-order valence-electron chi connectivity index (χ1n) is 3.13. The second-order valence-electron chi connectivity index (χ2n) is 2.77. The Morgan fingerprint density at radius 1 is 1.44 bits per heavy atom. The number of hydrogen-bond donors (Lipinski definition) is 1. The minimum Gasteiger partial charge on any atom is -0.389 e. The number of rotatable bonds is 1. The van der Waals surface area contributed by atoms with Crippen LogP contribution in [-0.2, 0) is 0 Å². The van der Waals surface area contributed by atoms with Gasteiger partial charge in [-0.15, -0.1) is 5.92 Å². The van der Waals surface area contributed by atoms with Crippen LogP contribution in [0.2, 0.25) is 0 Å². The average Bonchev–Trinajstić information content (AvgIpc) is 1.64. The standard InChI is InChI=1S/C8H14O/c1-5-6-7(2)8(3,4)9/h7,9H,1-4H3. The van der Waals surface area contributed by atoms with E-state index in [4.69, 9.17) is 0 Å². The number of hydrogen-bond acceptors (Lipinski definition) is 1.